The highest BCUT2D eigenvalue weighted by Gasteiger charge is 2.17. The predicted octanol–water partition coefficient (Wildman–Crippen LogP) is 5.27. The van der Waals surface area contributed by atoms with Gasteiger partial charge in [-0.2, -0.15) is 4.98 Å². The maximum Gasteiger partial charge on any atom is 0.237 e. The van der Waals surface area contributed by atoms with Gasteiger partial charge in [-0.1, -0.05) is 41.0 Å². The number of halogens is 1. The van der Waals surface area contributed by atoms with Gasteiger partial charge in [0.15, 0.2) is 0 Å². The number of nitrogens with one attached hydrogen (secondary N) is 1. The van der Waals surface area contributed by atoms with Gasteiger partial charge in [0.05, 0.1) is 16.0 Å². The average Bonchev–Trinajstić information content (AvgIpc) is 3.11. The number of aryl methyl sites for hydroxylation is 2. The summed E-state index contributed by atoms with van der Waals surface area (Å²) in [7, 11) is 0. The molecule has 0 aliphatic carbocycles. The highest BCUT2D eigenvalue weighted by molar-refractivity contribution is 7.99. The molecule has 1 unspecified atom stereocenters. The maximum atomic E-state index is 12.5. The summed E-state index contributed by atoms with van der Waals surface area (Å²) in [5.74, 6) is 1.29. The zero-order valence-electron chi connectivity index (χ0n) is 15.3. The molecule has 0 aliphatic rings. The summed E-state index contributed by atoms with van der Waals surface area (Å²) >= 11 is 7.60. The Kier molecular flexibility index (Phi) is 6.19. The van der Waals surface area contributed by atoms with E-state index in [-0.39, 0.29) is 11.2 Å². The number of carbonyl (C=O) groups excluding carboxylic acids is 1. The van der Waals surface area contributed by atoms with E-state index in [0.29, 0.717) is 22.5 Å². The quantitative estimate of drug-likeness (QED) is 0.609. The molecular weight excluding hydrogens is 382 g/mol. The van der Waals surface area contributed by atoms with Gasteiger partial charge in [-0.25, -0.2) is 0 Å². The lowest BCUT2D eigenvalue weighted by Gasteiger charge is -2.13. The van der Waals surface area contributed by atoms with Gasteiger partial charge in [-0.3, -0.25) is 4.79 Å². The summed E-state index contributed by atoms with van der Waals surface area (Å²) in [4.78, 5) is 16.8. The first-order valence-electron chi connectivity index (χ1n) is 8.51. The summed E-state index contributed by atoms with van der Waals surface area (Å²) in [6.07, 6.45) is 0. The number of benzene rings is 2. The third kappa shape index (κ3) is 4.90. The van der Waals surface area contributed by atoms with Crippen molar-refractivity contribution >= 4 is 35.0 Å². The molecule has 0 radical (unpaired) electrons. The minimum Gasteiger partial charge on any atom is -0.338 e. The molecule has 0 aliphatic heterocycles. The van der Waals surface area contributed by atoms with Crippen molar-refractivity contribution in [2.75, 3.05) is 5.32 Å². The molecule has 1 aromatic heterocycles. The number of amides is 1. The summed E-state index contributed by atoms with van der Waals surface area (Å²) in [6.45, 7) is 5.83. The lowest BCUT2D eigenvalue weighted by molar-refractivity contribution is -0.115. The molecule has 1 heterocycles. The zero-order chi connectivity index (χ0) is 19.4. The molecule has 27 heavy (non-hydrogen) atoms. The number of rotatable bonds is 6. The number of hydrogen-bond acceptors (Lipinski definition) is 5. The maximum absolute atomic E-state index is 12.5. The molecule has 3 rings (SSSR count). The first-order valence-corrected chi connectivity index (χ1v) is 9.94. The highest BCUT2D eigenvalue weighted by Crippen LogP contribution is 2.26. The largest absolute Gasteiger partial charge is 0.338 e. The van der Waals surface area contributed by atoms with Crippen molar-refractivity contribution in [2.45, 2.75) is 31.8 Å². The minimum absolute atomic E-state index is 0.0560. The Hall–Kier alpha value is -2.31. The molecule has 0 spiro atoms. The Morgan fingerprint density at radius 3 is 2.81 bits per heavy atom. The topological polar surface area (TPSA) is 68.0 Å². The van der Waals surface area contributed by atoms with Gasteiger partial charge in [0.25, 0.3) is 0 Å². The smallest absolute Gasteiger partial charge is 0.237 e. The van der Waals surface area contributed by atoms with Crippen LogP contribution in [-0.4, -0.2) is 21.3 Å². The predicted molar refractivity (Wildman–Crippen MR) is 110 cm³/mol. The van der Waals surface area contributed by atoms with Crippen molar-refractivity contribution in [2.24, 2.45) is 0 Å². The van der Waals surface area contributed by atoms with Crippen LogP contribution < -0.4 is 5.32 Å². The Labute approximate surface area is 167 Å². The van der Waals surface area contributed by atoms with Crippen molar-refractivity contribution in [1.82, 2.24) is 10.1 Å². The van der Waals surface area contributed by atoms with Crippen molar-refractivity contribution in [3.8, 4) is 11.4 Å². The van der Waals surface area contributed by atoms with Gasteiger partial charge in [-0.15, -0.1) is 11.8 Å². The molecule has 140 valence electrons. The second-order valence-electron chi connectivity index (χ2n) is 6.25. The van der Waals surface area contributed by atoms with E-state index >= 15 is 0 Å². The summed E-state index contributed by atoms with van der Waals surface area (Å²) in [5.41, 5.74) is 3.70. The van der Waals surface area contributed by atoms with Gasteiger partial charge in [0.2, 0.25) is 17.6 Å². The van der Waals surface area contributed by atoms with Crippen LogP contribution in [0, 0.1) is 13.8 Å². The Morgan fingerprint density at radius 1 is 1.26 bits per heavy atom. The van der Waals surface area contributed by atoms with Crippen LogP contribution in [0.1, 0.15) is 23.9 Å². The molecule has 0 saturated heterocycles. The minimum atomic E-state index is -0.263. The van der Waals surface area contributed by atoms with Gasteiger partial charge in [-0.05, 0) is 50.1 Å². The SMILES string of the molecule is Cc1ccc(C)c(NC(=O)C(C)SCc2nc(-c3ccccc3Cl)no2)c1. The Bertz CT molecular complexity index is 958. The zero-order valence-corrected chi connectivity index (χ0v) is 16.9. The molecule has 0 bridgehead atoms. The first-order chi connectivity index (χ1) is 12.9. The van der Waals surface area contributed by atoms with E-state index in [2.05, 4.69) is 15.5 Å². The van der Waals surface area contributed by atoms with E-state index in [1.54, 1.807) is 6.07 Å². The Morgan fingerprint density at radius 2 is 2.04 bits per heavy atom. The molecular formula is C20H20ClN3O2S. The van der Waals surface area contributed by atoms with E-state index in [1.165, 1.54) is 11.8 Å². The molecule has 0 fully saturated rings. The van der Waals surface area contributed by atoms with Crippen LogP contribution in [0.4, 0.5) is 5.69 Å². The van der Waals surface area contributed by atoms with E-state index in [0.717, 1.165) is 22.4 Å². The number of nitrogens with zero attached hydrogens (tertiary/aromatic N) is 2. The molecule has 1 amide bonds. The third-order valence-corrected chi connectivity index (χ3v) is 5.52. The van der Waals surface area contributed by atoms with Crippen LogP contribution in [0.25, 0.3) is 11.4 Å². The molecule has 1 N–H and O–H groups in total. The number of thioether (sulfide) groups is 1. The van der Waals surface area contributed by atoms with Gasteiger partial charge in [0, 0.05) is 11.3 Å². The summed E-state index contributed by atoms with van der Waals surface area (Å²) in [5, 5.41) is 7.26. The van der Waals surface area contributed by atoms with Crippen LogP contribution >= 0.6 is 23.4 Å². The number of carbonyl (C=O) groups is 1. The van der Waals surface area contributed by atoms with E-state index < -0.39 is 0 Å². The van der Waals surface area contributed by atoms with E-state index in [4.69, 9.17) is 16.1 Å². The van der Waals surface area contributed by atoms with Crippen molar-refractivity contribution in [3.05, 3.63) is 64.5 Å². The van der Waals surface area contributed by atoms with Gasteiger partial charge < -0.3 is 9.84 Å². The lowest BCUT2D eigenvalue weighted by Crippen LogP contribution is -2.23. The van der Waals surface area contributed by atoms with Crippen molar-refractivity contribution < 1.29 is 9.32 Å². The van der Waals surface area contributed by atoms with Crippen molar-refractivity contribution in [3.63, 3.8) is 0 Å². The fourth-order valence-electron chi connectivity index (χ4n) is 2.44. The molecule has 2 aromatic carbocycles. The molecule has 7 heteroatoms. The van der Waals surface area contributed by atoms with Gasteiger partial charge >= 0.3 is 0 Å². The van der Waals surface area contributed by atoms with Crippen LogP contribution in [0.2, 0.25) is 5.02 Å². The van der Waals surface area contributed by atoms with Crippen LogP contribution in [0.5, 0.6) is 0 Å². The van der Waals surface area contributed by atoms with Crippen molar-refractivity contribution in [1.29, 1.82) is 0 Å². The monoisotopic (exact) mass is 401 g/mol. The van der Waals surface area contributed by atoms with E-state index in [1.807, 2.05) is 57.2 Å². The highest BCUT2D eigenvalue weighted by atomic mass is 35.5. The standard InChI is InChI=1S/C20H20ClN3O2S/c1-12-8-9-13(2)17(10-12)22-20(25)14(3)27-11-18-23-19(24-26-18)15-6-4-5-7-16(15)21/h4-10,14H,11H2,1-3H3,(H,22,25). The number of hydrogen-bond donors (Lipinski definition) is 1. The molecule has 1 atom stereocenters. The first kappa shape index (κ1) is 19.5. The third-order valence-electron chi connectivity index (χ3n) is 4.06. The average molecular weight is 402 g/mol. The van der Waals surface area contributed by atoms with Gasteiger partial charge in [0.1, 0.15) is 0 Å². The van der Waals surface area contributed by atoms with Crippen LogP contribution in [0.3, 0.4) is 0 Å². The summed E-state index contributed by atoms with van der Waals surface area (Å²) in [6, 6.07) is 13.3. The second-order valence-corrected chi connectivity index (χ2v) is 7.99. The number of anilines is 1. The molecule has 0 saturated carbocycles. The van der Waals surface area contributed by atoms with E-state index in [9.17, 15) is 4.79 Å². The fourth-order valence-corrected chi connectivity index (χ4v) is 3.38. The van der Waals surface area contributed by atoms with Crippen LogP contribution in [0.15, 0.2) is 47.0 Å². The molecule has 3 aromatic rings. The summed E-state index contributed by atoms with van der Waals surface area (Å²) < 4.78 is 5.29. The molecule has 5 nitrogen and oxygen atoms in total. The fraction of sp³-hybridized carbons (Fsp3) is 0.250. The number of aromatic nitrogens is 2. The lowest BCUT2D eigenvalue weighted by atomic mass is 10.1. The second kappa shape index (κ2) is 8.59. The Balaban J connectivity index is 1.59. The normalized spacial score (nSPS) is 12.0. The van der Waals surface area contributed by atoms with Crippen LogP contribution in [-0.2, 0) is 10.5 Å².